The molecule has 0 bridgehead atoms. The molecule has 0 N–H and O–H groups in total. The Morgan fingerprint density at radius 3 is 1.60 bits per heavy atom. The van der Waals surface area contributed by atoms with Gasteiger partial charge in [0.25, 0.3) is 0 Å². The van der Waals surface area contributed by atoms with E-state index in [2.05, 4.69) is 41.8 Å². The monoisotopic (exact) mass is 284 g/mol. The van der Waals surface area contributed by atoms with Crippen molar-refractivity contribution >= 4 is 0 Å². The van der Waals surface area contributed by atoms with Gasteiger partial charge in [0.1, 0.15) is 0 Å². The zero-order valence-electron chi connectivity index (χ0n) is 15.4. The lowest BCUT2D eigenvalue weighted by atomic mass is 9.90. The first-order valence-electron chi connectivity index (χ1n) is 9.09. The second-order valence-electron chi connectivity index (χ2n) is 8.52. The van der Waals surface area contributed by atoms with Gasteiger partial charge >= 0.3 is 0 Å². The van der Waals surface area contributed by atoms with E-state index in [0.29, 0.717) is 5.41 Å². The van der Waals surface area contributed by atoms with Gasteiger partial charge in [-0.1, -0.05) is 66.2 Å². The van der Waals surface area contributed by atoms with Crippen LogP contribution in [0.5, 0.6) is 0 Å². The molecule has 1 heteroatoms. The van der Waals surface area contributed by atoms with Gasteiger partial charge in [-0.2, -0.15) is 0 Å². The highest BCUT2D eigenvalue weighted by Gasteiger charge is 2.17. The van der Waals surface area contributed by atoms with Crippen LogP contribution in [-0.4, -0.2) is 31.7 Å². The van der Waals surface area contributed by atoms with Crippen molar-refractivity contribution < 1.29 is 4.48 Å². The van der Waals surface area contributed by atoms with Gasteiger partial charge in [0, 0.05) is 0 Å². The van der Waals surface area contributed by atoms with Crippen molar-refractivity contribution in [3.05, 3.63) is 0 Å². The third-order valence-electron chi connectivity index (χ3n) is 4.31. The fraction of sp³-hybridized carbons (Fsp3) is 1.00. The zero-order chi connectivity index (χ0) is 15.5. The Bertz CT molecular complexity index is 212. The molecule has 0 aliphatic heterocycles. The molecule has 0 spiro atoms. The first-order chi connectivity index (χ1) is 9.27. The highest BCUT2D eigenvalue weighted by atomic mass is 15.3. The van der Waals surface area contributed by atoms with Gasteiger partial charge in [-0.3, -0.25) is 0 Å². The van der Waals surface area contributed by atoms with E-state index in [4.69, 9.17) is 0 Å². The molecule has 0 aromatic rings. The molecule has 20 heavy (non-hydrogen) atoms. The summed E-state index contributed by atoms with van der Waals surface area (Å²) in [5.41, 5.74) is 0.499. The summed E-state index contributed by atoms with van der Waals surface area (Å²) in [6.45, 7) is 12.1. The van der Waals surface area contributed by atoms with E-state index < -0.39 is 0 Å². The lowest BCUT2D eigenvalue weighted by Gasteiger charge is -2.31. The van der Waals surface area contributed by atoms with E-state index >= 15 is 0 Å². The highest BCUT2D eigenvalue weighted by Crippen LogP contribution is 2.21. The van der Waals surface area contributed by atoms with E-state index in [0.717, 1.165) is 0 Å². The van der Waals surface area contributed by atoms with Crippen molar-refractivity contribution in [3.8, 4) is 0 Å². The molecule has 0 atom stereocenters. The number of nitrogens with zero attached hydrogens (tertiary/aromatic N) is 1. The van der Waals surface area contributed by atoms with E-state index in [1.807, 2.05) is 0 Å². The Morgan fingerprint density at radius 2 is 1.10 bits per heavy atom. The van der Waals surface area contributed by atoms with Crippen molar-refractivity contribution in [2.75, 3.05) is 27.2 Å². The average Bonchev–Trinajstić information content (AvgIpc) is 2.30. The van der Waals surface area contributed by atoms with Crippen LogP contribution in [0.25, 0.3) is 0 Å². The summed E-state index contributed by atoms with van der Waals surface area (Å²) in [7, 11) is 4.81. The number of hydrogen-bond donors (Lipinski definition) is 0. The van der Waals surface area contributed by atoms with E-state index in [9.17, 15) is 0 Å². The molecular weight excluding hydrogens is 242 g/mol. The standard InChI is InChI=1S/C19H42N/c1-7-8-9-10-11-12-13-14-17-20(5,6)18-15-16-19(2,3)4/h7-18H2,1-6H3/q+1. The Kier molecular flexibility index (Phi) is 10.6. The molecule has 0 unspecified atom stereocenters. The predicted molar refractivity (Wildman–Crippen MR) is 93.1 cm³/mol. The third-order valence-corrected chi connectivity index (χ3v) is 4.31. The maximum absolute atomic E-state index is 2.41. The quantitative estimate of drug-likeness (QED) is 0.303. The van der Waals surface area contributed by atoms with Gasteiger partial charge in [-0.25, -0.2) is 0 Å². The molecule has 0 aromatic heterocycles. The van der Waals surface area contributed by atoms with Gasteiger partial charge in [-0.15, -0.1) is 0 Å². The third kappa shape index (κ3) is 14.4. The van der Waals surface area contributed by atoms with Crippen LogP contribution in [0, 0.1) is 5.41 Å². The summed E-state index contributed by atoms with van der Waals surface area (Å²) < 4.78 is 1.21. The minimum absolute atomic E-state index is 0.499. The normalized spacial score (nSPS) is 12.9. The second kappa shape index (κ2) is 10.7. The lowest BCUT2D eigenvalue weighted by Crippen LogP contribution is -2.41. The van der Waals surface area contributed by atoms with Crippen LogP contribution in [0.1, 0.15) is 91.9 Å². The summed E-state index contributed by atoms with van der Waals surface area (Å²) in [5.74, 6) is 0. The van der Waals surface area contributed by atoms with Crippen molar-refractivity contribution in [2.24, 2.45) is 5.41 Å². The van der Waals surface area contributed by atoms with Crippen molar-refractivity contribution in [3.63, 3.8) is 0 Å². The first kappa shape index (κ1) is 20.0. The fourth-order valence-electron chi connectivity index (χ4n) is 2.82. The van der Waals surface area contributed by atoms with Crippen LogP contribution < -0.4 is 0 Å². The molecule has 0 aliphatic rings. The minimum atomic E-state index is 0.499. The smallest absolute Gasteiger partial charge is 0.0782 e. The molecule has 0 aromatic carbocycles. The highest BCUT2D eigenvalue weighted by molar-refractivity contribution is 4.60. The minimum Gasteiger partial charge on any atom is -0.328 e. The second-order valence-corrected chi connectivity index (χ2v) is 8.52. The molecular formula is C19H42N+. The van der Waals surface area contributed by atoms with E-state index in [1.165, 1.54) is 81.8 Å². The van der Waals surface area contributed by atoms with Gasteiger partial charge in [-0.05, 0) is 31.1 Å². The number of rotatable bonds is 12. The summed E-state index contributed by atoms with van der Waals surface area (Å²) in [4.78, 5) is 0. The Hall–Kier alpha value is -0.0400. The molecule has 0 rings (SSSR count). The zero-order valence-corrected chi connectivity index (χ0v) is 15.4. The number of hydrogen-bond acceptors (Lipinski definition) is 0. The first-order valence-corrected chi connectivity index (χ1v) is 9.09. The Morgan fingerprint density at radius 1 is 0.650 bits per heavy atom. The fourth-order valence-corrected chi connectivity index (χ4v) is 2.82. The molecule has 0 heterocycles. The Labute approximate surface area is 129 Å². The Balaban J connectivity index is 3.47. The summed E-state index contributed by atoms with van der Waals surface area (Å²) in [6, 6.07) is 0. The maximum atomic E-state index is 2.41. The van der Waals surface area contributed by atoms with Crippen LogP contribution in [0.15, 0.2) is 0 Å². The lowest BCUT2D eigenvalue weighted by molar-refractivity contribution is -0.890. The van der Waals surface area contributed by atoms with E-state index in [1.54, 1.807) is 0 Å². The molecule has 122 valence electrons. The largest absolute Gasteiger partial charge is 0.328 e. The molecule has 1 nitrogen and oxygen atoms in total. The van der Waals surface area contributed by atoms with Crippen molar-refractivity contribution in [1.29, 1.82) is 0 Å². The van der Waals surface area contributed by atoms with Gasteiger partial charge in [0.2, 0.25) is 0 Å². The van der Waals surface area contributed by atoms with Crippen LogP contribution >= 0.6 is 0 Å². The molecule has 0 aliphatic carbocycles. The summed E-state index contributed by atoms with van der Waals surface area (Å²) in [6.07, 6.45) is 14.2. The maximum Gasteiger partial charge on any atom is 0.0782 e. The molecule has 0 saturated heterocycles. The topological polar surface area (TPSA) is 0 Å². The van der Waals surface area contributed by atoms with Gasteiger partial charge in [0.15, 0.2) is 0 Å². The molecule has 0 radical (unpaired) electrons. The molecule has 0 amide bonds. The summed E-state index contributed by atoms with van der Waals surface area (Å²) in [5, 5.41) is 0. The van der Waals surface area contributed by atoms with Crippen molar-refractivity contribution in [2.45, 2.75) is 91.9 Å². The summed E-state index contributed by atoms with van der Waals surface area (Å²) >= 11 is 0. The van der Waals surface area contributed by atoms with Crippen LogP contribution in [0.4, 0.5) is 0 Å². The number of unbranched alkanes of at least 4 members (excludes halogenated alkanes) is 7. The average molecular weight is 285 g/mol. The molecule has 0 saturated carbocycles. The van der Waals surface area contributed by atoms with Crippen LogP contribution in [0.2, 0.25) is 0 Å². The number of quaternary nitrogens is 1. The van der Waals surface area contributed by atoms with Crippen LogP contribution in [0.3, 0.4) is 0 Å². The molecule has 0 fully saturated rings. The van der Waals surface area contributed by atoms with E-state index in [-0.39, 0.29) is 0 Å². The van der Waals surface area contributed by atoms with Crippen LogP contribution in [-0.2, 0) is 0 Å². The van der Waals surface area contributed by atoms with Gasteiger partial charge < -0.3 is 4.48 Å². The predicted octanol–water partition coefficient (Wildman–Crippen LogP) is 6.03. The van der Waals surface area contributed by atoms with Gasteiger partial charge in [0.05, 0.1) is 27.2 Å². The van der Waals surface area contributed by atoms with Crippen molar-refractivity contribution in [1.82, 2.24) is 0 Å². The SMILES string of the molecule is CCCCCCCCCC[N+](C)(C)CCCC(C)(C)C.